The number of nitrogens with one attached hydrogen (secondary N) is 1. The third-order valence-corrected chi connectivity index (χ3v) is 2.85. The highest BCUT2D eigenvalue weighted by Crippen LogP contribution is 2.21. The highest BCUT2D eigenvalue weighted by Gasteiger charge is 2.10. The van der Waals surface area contributed by atoms with Crippen LogP contribution in [0.25, 0.3) is 0 Å². The van der Waals surface area contributed by atoms with Crippen molar-refractivity contribution in [3.63, 3.8) is 0 Å². The van der Waals surface area contributed by atoms with E-state index >= 15 is 0 Å². The minimum Gasteiger partial charge on any atom is -0.478 e. The molecule has 7 heteroatoms. The lowest BCUT2D eigenvalue weighted by Crippen LogP contribution is -2.03. The van der Waals surface area contributed by atoms with Crippen LogP contribution in [-0.2, 0) is 6.54 Å². The van der Waals surface area contributed by atoms with Gasteiger partial charge >= 0.3 is 5.97 Å². The Bertz CT molecular complexity index is 686. The Balaban J connectivity index is 2.06. The Labute approximate surface area is 119 Å². The lowest BCUT2D eigenvalue weighted by atomic mass is 10.1. The molecule has 0 aliphatic carbocycles. The number of carboxylic acid groups (broad SMARTS) is 1. The van der Waals surface area contributed by atoms with Crippen LogP contribution in [0.2, 0.25) is 0 Å². The van der Waals surface area contributed by atoms with Gasteiger partial charge in [0, 0.05) is 12.6 Å². The number of hydrogen-bond acceptors (Lipinski definition) is 4. The maximum atomic E-state index is 13.6. The predicted molar refractivity (Wildman–Crippen MR) is 73.8 cm³/mol. The Morgan fingerprint density at radius 1 is 1.24 bits per heavy atom. The van der Waals surface area contributed by atoms with Gasteiger partial charge in [0.05, 0.1) is 22.2 Å². The van der Waals surface area contributed by atoms with Crippen molar-refractivity contribution in [3.05, 3.63) is 69.5 Å². The number of non-ortho nitro benzene ring substituents is 1. The minimum atomic E-state index is -1.02. The van der Waals surface area contributed by atoms with Crippen LogP contribution in [0.4, 0.5) is 15.8 Å². The van der Waals surface area contributed by atoms with Gasteiger partial charge in [0.2, 0.25) is 0 Å². The summed E-state index contributed by atoms with van der Waals surface area (Å²) in [6, 6.07) is 9.46. The molecule has 0 aliphatic heterocycles. The van der Waals surface area contributed by atoms with E-state index in [4.69, 9.17) is 5.11 Å². The van der Waals surface area contributed by atoms with Crippen molar-refractivity contribution in [1.29, 1.82) is 0 Å². The third-order valence-electron chi connectivity index (χ3n) is 2.85. The first-order valence-corrected chi connectivity index (χ1v) is 5.97. The first kappa shape index (κ1) is 14.4. The molecule has 0 atom stereocenters. The topological polar surface area (TPSA) is 92.5 Å². The number of halogens is 1. The van der Waals surface area contributed by atoms with Crippen LogP contribution < -0.4 is 5.32 Å². The Kier molecular flexibility index (Phi) is 4.13. The number of nitro groups is 1. The Morgan fingerprint density at radius 3 is 2.43 bits per heavy atom. The van der Waals surface area contributed by atoms with Gasteiger partial charge in [-0.2, -0.15) is 0 Å². The van der Waals surface area contributed by atoms with Crippen molar-refractivity contribution in [3.8, 4) is 0 Å². The van der Waals surface area contributed by atoms with Crippen molar-refractivity contribution in [2.45, 2.75) is 6.54 Å². The SMILES string of the molecule is O=C(O)c1ccc(CNc2ccc([N+](=O)[O-])cc2F)cc1. The molecule has 0 spiro atoms. The second-order valence-electron chi connectivity index (χ2n) is 4.28. The zero-order valence-corrected chi connectivity index (χ0v) is 10.7. The summed E-state index contributed by atoms with van der Waals surface area (Å²) in [6.45, 7) is 0.272. The number of nitrogens with zero attached hydrogens (tertiary/aromatic N) is 1. The van der Waals surface area contributed by atoms with E-state index in [0.717, 1.165) is 11.6 Å². The predicted octanol–water partition coefficient (Wildman–Crippen LogP) is 3.04. The molecule has 0 fully saturated rings. The lowest BCUT2D eigenvalue weighted by molar-refractivity contribution is -0.385. The summed E-state index contributed by atoms with van der Waals surface area (Å²) in [5, 5.41) is 22.1. The van der Waals surface area contributed by atoms with Gasteiger partial charge < -0.3 is 10.4 Å². The van der Waals surface area contributed by atoms with Gasteiger partial charge in [0.25, 0.3) is 5.69 Å². The smallest absolute Gasteiger partial charge is 0.335 e. The quantitative estimate of drug-likeness (QED) is 0.652. The minimum absolute atomic E-state index is 0.142. The van der Waals surface area contributed by atoms with Crippen molar-refractivity contribution in [2.75, 3.05) is 5.32 Å². The molecule has 0 radical (unpaired) electrons. The van der Waals surface area contributed by atoms with Crippen LogP contribution in [0.5, 0.6) is 0 Å². The van der Waals surface area contributed by atoms with Crippen LogP contribution in [0.3, 0.4) is 0 Å². The van der Waals surface area contributed by atoms with Crippen molar-refractivity contribution in [1.82, 2.24) is 0 Å². The molecular formula is C14H11FN2O4. The van der Waals surface area contributed by atoms with E-state index in [1.54, 1.807) is 12.1 Å². The van der Waals surface area contributed by atoms with E-state index in [-0.39, 0.29) is 23.5 Å². The Hall–Kier alpha value is -2.96. The van der Waals surface area contributed by atoms with Crippen LogP contribution in [0, 0.1) is 15.9 Å². The molecule has 108 valence electrons. The fourth-order valence-electron chi connectivity index (χ4n) is 1.72. The molecule has 2 aromatic rings. The van der Waals surface area contributed by atoms with Gasteiger partial charge in [0.15, 0.2) is 5.82 Å². The van der Waals surface area contributed by atoms with Gasteiger partial charge in [0.1, 0.15) is 0 Å². The average molecular weight is 290 g/mol. The largest absolute Gasteiger partial charge is 0.478 e. The first-order chi connectivity index (χ1) is 9.97. The van der Waals surface area contributed by atoms with Gasteiger partial charge in [-0.1, -0.05) is 12.1 Å². The normalized spacial score (nSPS) is 10.1. The second-order valence-corrected chi connectivity index (χ2v) is 4.28. The molecule has 6 nitrogen and oxygen atoms in total. The number of benzene rings is 2. The van der Waals surface area contributed by atoms with E-state index in [1.807, 2.05) is 0 Å². The lowest BCUT2D eigenvalue weighted by Gasteiger charge is -2.07. The molecule has 2 aromatic carbocycles. The van der Waals surface area contributed by atoms with E-state index in [1.165, 1.54) is 24.3 Å². The number of anilines is 1. The molecule has 0 bridgehead atoms. The van der Waals surface area contributed by atoms with Crippen molar-refractivity contribution >= 4 is 17.3 Å². The summed E-state index contributed by atoms with van der Waals surface area (Å²) < 4.78 is 13.6. The van der Waals surface area contributed by atoms with Crippen LogP contribution in [-0.4, -0.2) is 16.0 Å². The highest BCUT2D eigenvalue weighted by molar-refractivity contribution is 5.87. The van der Waals surface area contributed by atoms with Crippen LogP contribution in [0.15, 0.2) is 42.5 Å². The molecule has 21 heavy (non-hydrogen) atoms. The van der Waals surface area contributed by atoms with E-state index in [0.29, 0.717) is 0 Å². The van der Waals surface area contributed by atoms with Gasteiger partial charge in [-0.05, 0) is 23.8 Å². The first-order valence-electron chi connectivity index (χ1n) is 5.97. The zero-order valence-electron chi connectivity index (χ0n) is 10.7. The molecule has 0 heterocycles. The highest BCUT2D eigenvalue weighted by atomic mass is 19.1. The molecule has 0 saturated carbocycles. The standard InChI is InChI=1S/C14H11FN2O4/c15-12-7-11(17(20)21)5-6-13(12)16-8-9-1-3-10(4-2-9)14(18)19/h1-7,16H,8H2,(H,18,19). The summed E-state index contributed by atoms with van der Waals surface area (Å²) in [5.74, 6) is -1.73. The fraction of sp³-hybridized carbons (Fsp3) is 0.0714. The summed E-state index contributed by atoms with van der Waals surface area (Å²) in [6.07, 6.45) is 0. The van der Waals surface area contributed by atoms with Crippen molar-refractivity contribution < 1.29 is 19.2 Å². The number of carboxylic acids is 1. The monoisotopic (exact) mass is 290 g/mol. The summed E-state index contributed by atoms with van der Waals surface area (Å²) in [5.41, 5.74) is 0.754. The second kappa shape index (κ2) is 6.00. The van der Waals surface area contributed by atoms with E-state index < -0.39 is 16.7 Å². The summed E-state index contributed by atoms with van der Waals surface area (Å²) in [4.78, 5) is 20.5. The molecule has 0 aromatic heterocycles. The van der Waals surface area contributed by atoms with E-state index in [9.17, 15) is 19.3 Å². The number of hydrogen-bond donors (Lipinski definition) is 2. The number of rotatable bonds is 5. The summed E-state index contributed by atoms with van der Waals surface area (Å²) in [7, 11) is 0. The average Bonchev–Trinajstić information content (AvgIpc) is 2.46. The Morgan fingerprint density at radius 2 is 1.90 bits per heavy atom. The number of carbonyl (C=O) groups is 1. The molecule has 2 N–H and O–H groups in total. The molecule has 2 rings (SSSR count). The van der Waals surface area contributed by atoms with Gasteiger partial charge in [-0.3, -0.25) is 10.1 Å². The molecular weight excluding hydrogens is 279 g/mol. The maximum Gasteiger partial charge on any atom is 0.335 e. The zero-order chi connectivity index (χ0) is 15.4. The number of aromatic carboxylic acids is 1. The third kappa shape index (κ3) is 3.53. The fourth-order valence-corrected chi connectivity index (χ4v) is 1.72. The molecule has 0 amide bonds. The van der Waals surface area contributed by atoms with Gasteiger partial charge in [-0.25, -0.2) is 9.18 Å². The van der Waals surface area contributed by atoms with Crippen LogP contribution in [0.1, 0.15) is 15.9 Å². The molecule has 0 unspecified atom stereocenters. The van der Waals surface area contributed by atoms with Gasteiger partial charge in [-0.15, -0.1) is 0 Å². The molecule has 0 aliphatic rings. The maximum absolute atomic E-state index is 13.6. The van der Waals surface area contributed by atoms with E-state index in [2.05, 4.69) is 5.32 Å². The summed E-state index contributed by atoms with van der Waals surface area (Å²) >= 11 is 0. The molecule has 0 saturated heterocycles. The number of nitro benzene ring substituents is 1. The van der Waals surface area contributed by atoms with Crippen LogP contribution >= 0.6 is 0 Å². The van der Waals surface area contributed by atoms with Crippen molar-refractivity contribution in [2.24, 2.45) is 0 Å².